The van der Waals surface area contributed by atoms with E-state index in [9.17, 15) is 35.6 Å². The molecule has 8 nitrogen and oxygen atoms in total. The Kier molecular flexibility index (Phi) is 9.07. The van der Waals surface area contributed by atoms with Crippen molar-refractivity contribution in [1.82, 2.24) is 5.32 Å². The molecule has 1 aliphatic carbocycles. The van der Waals surface area contributed by atoms with Crippen LogP contribution in [-0.4, -0.2) is 38.2 Å². The van der Waals surface area contributed by atoms with Gasteiger partial charge >= 0.3 is 27.7 Å². The van der Waals surface area contributed by atoms with Crippen molar-refractivity contribution in [1.29, 1.82) is 0 Å². The number of benzene rings is 2. The van der Waals surface area contributed by atoms with Crippen LogP contribution in [0.4, 0.5) is 22.4 Å². The second-order valence-electron chi connectivity index (χ2n) is 10.4. The van der Waals surface area contributed by atoms with Gasteiger partial charge in [-0.3, -0.25) is 4.79 Å². The summed E-state index contributed by atoms with van der Waals surface area (Å²) in [5.41, 5.74) is -5.25. The van der Waals surface area contributed by atoms with Crippen LogP contribution >= 0.6 is 0 Å². The normalized spacial score (nSPS) is 14.8. The van der Waals surface area contributed by atoms with E-state index in [1.165, 1.54) is 13.0 Å². The highest BCUT2D eigenvalue weighted by Crippen LogP contribution is 2.45. The van der Waals surface area contributed by atoms with Crippen molar-refractivity contribution in [2.75, 3.05) is 6.61 Å². The molecule has 220 valence electrons. The maximum atomic E-state index is 14.2. The Morgan fingerprint density at radius 1 is 1.07 bits per heavy atom. The van der Waals surface area contributed by atoms with Crippen molar-refractivity contribution in [2.45, 2.75) is 77.0 Å². The smallest absolute Gasteiger partial charge is 0.466 e. The van der Waals surface area contributed by atoms with Gasteiger partial charge in [0.05, 0.1) is 19.1 Å². The molecule has 1 saturated carbocycles. The SMILES string of the molecule is CCOC(=O)C[C@H](NC(=O)OC(C)(C)C)c1cc(-c2c(C)cc(F)cc2OS(=O)(=O)C(F)(F)F)cc(C2CC2)c1. The number of nitrogens with one attached hydrogen (secondary N) is 1. The van der Waals surface area contributed by atoms with Crippen LogP contribution in [0.2, 0.25) is 0 Å². The predicted octanol–water partition coefficient (Wildman–Crippen LogP) is 6.43. The number of halogens is 4. The number of alkyl carbamates (subject to hydrolysis) is 1. The molecule has 0 aliphatic heterocycles. The zero-order chi connectivity index (χ0) is 30.0. The fourth-order valence-corrected chi connectivity index (χ4v) is 4.54. The van der Waals surface area contributed by atoms with Gasteiger partial charge in [-0.2, -0.15) is 21.6 Å². The van der Waals surface area contributed by atoms with Crippen molar-refractivity contribution in [3.8, 4) is 16.9 Å². The van der Waals surface area contributed by atoms with Crippen molar-refractivity contribution in [3.63, 3.8) is 0 Å². The zero-order valence-corrected chi connectivity index (χ0v) is 23.5. The highest BCUT2D eigenvalue weighted by Gasteiger charge is 2.49. The Balaban J connectivity index is 2.17. The number of hydrogen-bond acceptors (Lipinski definition) is 7. The largest absolute Gasteiger partial charge is 0.534 e. The standard InChI is InChI=1S/C27H31F4NO7S/c1-6-37-23(33)14-21(32-25(34)38-26(3,4)5)18-10-17(16-7-8-16)11-19(12-18)24-15(2)9-20(28)13-22(24)39-40(35,36)27(29,30)31/h9-13,16,21H,6-8,14H2,1-5H3,(H,32,34)/t21-/m0/s1. The molecule has 0 radical (unpaired) electrons. The summed E-state index contributed by atoms with van der Waals surface area (Å²) in [7, 11) is -6.11. The lowest BCUT2D eigenvalue weighted by molar-refractivity contribution is -0.143. The molecule has 0 bridgehead atoms. The fraction of sp³-hybridized carbons (Fsp3) is 0.481. The molecule has 1 atom stereocenters. The predicted molar refractivity (Wildman–Crippen MR) is 138 cm³/mol. The third-order valence-electron chi connectivity index (χ3n) is 5.83. The molecule has 1 amide bonds. The molecule has 2 aromatic rings. The lowest BCUT2D eigenvalue weighted by Gasteiger charge is -2.25. The van der Waals surface area contributed by atoms with Gasteiger partial charge in [0.1, 0.15) is 11.4 Å². The Bertz CT molecular complexity index is 1380. The summed E-state index contributed by atoms with van der Waals surface area (Å²) in [5.74, 6) is -2.39. The molecular weight excluding hydrogens is 558 g/mol. The van der Waals surface area contributed by atoms with E-state index in [2.05, 4.69) is 9.50 Å². The van der Waals surface area contributed by atoms with Gasteiger partial charge in [-0.15, -0.1) is 0 Å². The van der Waals surface area contributed by atoms with Crippen molar-refractivity contribution in [3.05, 3.63) is 52.8 Å². The van der Waals surface area contributed by atoms with Crippen molar-refractivity contribution >= 4 is 22.2 Å². The molecule has 2 aromatic carbocycles. The molecule has 13 heteroatoms. The van der Waals surface area contributed by atoms with Gasteiger partial charge in [0, 0.05) is 11.6 Å². The van der Waals surface area contributed by atoms with Crippen molar-refractivity contribution < 1.29 is 49.2 Å². The zero-order valence-electron chi connectivity index (χ0n) is 22.6. The first-order valence-electron chi connectivity index (χ1n) is 12.5. The van der Waals surface area contributed by atoms with E-state index in [1.807, 2.05) is 0 Å². The Hall–Kier alpha value is -3.35. The second kappa shape index (κ2) is 11.6. The maximum absolute atomic E-state index is 14.2. The second-order valence-corrected chi connectivity index (χ2v) is 12.0. The summed E-state index contributed by atoms with van der Waals surface area (Å²) in [5, 5.41) is 2.64. The minimum Gasteiger partial charge on any atom is -0.466 e. The number of carbonyl (C=O) groups excluding carboxylic acids is 2. The van der Waals surface area contributed by atoms with Gasteiger partial charge in [-0.25, -0.2) is 9.18 Å². The van der Waals surface area contributed by atoms with E-state index in [0.717, 1.165) is 24.5 Å². The third kappa shape index (κ3) is 8.09. The molecule has 0 unspecified atom stereocenters. The van der Waals surface area contributed by atoms with Gasteiger partial charge in [-0.1, -0.05) is 12.1 Å². The van der Waals surface area contributed by atoms with E-state index >= 15 is 0 Å². The number of rotatable bonds is 9. The van der Waals surface area contributed by atoms with Gasteiger partial charge in [0.2, 0.25) is 0 Å². The summed E-state index contributed by atoms with van der Waals surface area (Å²) in [6.45, 7) is 8.08. The highest BCUT2D eigenvalue weighted by molar-refractivity contribution is 7.88. The van der Waals surface area contributed by atoms with Crippen LogP contribution in [0.25, 0.3) is 11.1 Å². The number of hydrogen-bond donors (Lipinski definition) is 1. The van der Waals surface area contributed by atoms with Crippen LogP contribution < -0.4 is 9.50 Å². The van der Waals surface area contributed by atoms with Crippen molar-refractivity contribution in [2.24, 2.45) is 0 Å². The maximum Gasteiger partial charge on any atom is 0.534 e. The minimum absolute atomic E-state index is 0.0903. The number of esters is 1. The first-order chi connectivity index (χ1) is 18.4. The molecular formula is C27H31F4NO7S. The van der Waals surface area contributed by atoms with E-state index in [-0.39, 0.29) is 35.6 Å². The lowest BCUT2D eigenvalue weighted by Crippen LogP contribution is -2.36. The molecule has 1 aliphatic rings. The number of amides is 1. The molecule has 0 aromatic heterocycles. The number of carbonyl (C=O) groups is 2. The number of alkyl halides is 3. The molecule has 3 rings (SSSR count). The Morgan fingerprint density at radius 2 is 1.73 bits per heavy atom. The molecule has 0 spiro atoms. The average molecular weight is 590 g/mol. The molecule has 1 N–H and O–H groups in total. The van der Waals surface area contributed by atoms with Crippen LogP contribution in [0.1, 0.15) is 75.6 Å². The number of aryl methyl sites for hydroxylation is 1. The highest BCUT2D eigenvalue weighted by atomic mass is 32.2. The van der Waals surface area contributed by atoms with E-state index < -0.39 is 50.9 Å². The lowest BCUT2D eigenvalue weighted by atomic mass is 9.91. The summed E-state index contributed by atoms with van der Waals surface area (Å²) < 4.78 is 92.0. The van der Waals surface area contributed by atoms with Gasteiger partial charge in [0.15, 0.2) is 5.75 Å². The fourth-order valence-electron chi connectivity index (χ4n) is 4.08. The Morgan fingerprint density at radius 3 is 2.27 bits per heavy atom. The van der Waals surface area contributed by atoms with Crippen LogP contribution in [0.15, 0.2) is 30.3 Å². The van der Waals surface area contributed by atoms with Crippen LogP contribution in [0, 0.1) is 12.7 Å². The quantitative estimate of drug-likeness (QED) is 0.156. The summed E-state index contributed by atoms with van der Waals surface area (Å²) in [6.07, 6.45) is 0.520. The van der Waals surface area contributed by atoms with Gasteiger partial charge in [-0.05, 0) is 87.8 Å². The van der Waals surface area contributed by atoms with Crippen LogP contribution in [-0.2, 0) is 24.4 Å². The summed E-state index contributed by atoms with van der Waals surface area (Å²) >= 11 is 0. The first-order valence-corrected chi connectivity index (χ1v) is 13.9. The molecule has 0 heterocycles. The van der Waals surface area contributed by atoms with Crippen LogP contribution in [0.5, 0.6) is 5.75 Å². The monoisotopic (exact) mass is 589 g/mol. The molecule has 40 heavy (non-hydrogen) atoms. The molecule has 0 saturated heterocycles. The van der Waals surface area contributed by atoms with E-state index in [1.54, 1.807) is 39.8 Å². The van der Waals surface area contributed by atoms with Crippen LogP contribution in [0.3, 0.4) is 0 Å². The Labute approximate surface area is 230 Å². The molecule has 1 fully saturated rings. The third-order valence-corrected chi connectivity index (χ3v) is 6.80. The summed E-state index contributed by atoms with van der Waals surface area (Å²) in [6, 6.07) is 5.47. The van der Waals surface area contributed by atoms with Gasteiger partial charge in [0.25, 0.3) is 0 Å². The summed E-state index contributed by atoms with van der Waals surface area (Å²) in [4.78, 5) is 25.1. The first kappa shape index (κ1) is 31.2. The van der Waals surface area contributed by atoms with E-state index in [4.69, 9.17) is 9.47 Å². The topological polar surface area (TPSA) is 108 Å². The van der Waals surface area contributed by atoms with E-state index in [0.29, 0.717) is 11.6 Å². The average Bonchev–Trinajstić information content (AvgIpc) is 3.61. The van der Waals surface area contributed by atoms with Gasteiger partial charge < -0.3 is 19.0 Å². The minimum atomic E-state index is -6.11. The number of ether oxygens (including phenoxy) is 2.